The summed E-state index contributed by atoms with van der Waals surface area (Å²) in [5.74, 6) is 2.44. The highest BCUT2D eigenvalue weighted by atomic mass is 32.2. The smallest absolute Gasteiger partial charge is 0.162 e. The van der Waals surface area contributed by atoms with Gasteiger partial charge in [-0.05, 0) is 69.0 Å². The molecule has 8 nitrogen and oxygen atoms in total. The monoisotopic (exact) mass is 567 g/mol. The Bertz CT molecular complexity index is 1490. The van der Waals surface area contributed by atoms with E-state index in [4.69, 9.17) is 19.4 Å². The van der Waals surface area contributed by atoms with E-state index in [9.17, 15) is 4.21 Å². The van der Waals surface area contributed by atoms with Gasteiger partial charge in [0, 0.05) is 82.8 Å². The number of ether oxygens (including phenoxy) is 2. The SMILES string of the molecule is COCCC1CCN(Cc2sc3c(N4CCOCC4)nc(-c4cc(S(C)=O)cc5[nH]ccc45)nc3c2C)CC1. The molecule has 0 spiro atoms. The maximum Gasteiger partial charge on any atom is 0.162 e. The highest BCUT2D eigenvalue weighted by molar-refractivity contribution is 7.84. The van der Waals surface area contributed by atoms with Crippen molar-refractivity contribution < 1.29 is 13.7 Å². The van der Waals surface area contributed by atoms with Crippen LogP contribution in [0.1, 0.15) is 29.7 Å². The lowest BCUT2D eigenvalue weighted by Crippen LogP contribution is -2.36. The van der Waals surface area contributed by atoms with Gasteiger partial charge in [0.1, 0.15) is 0 Å². The molecule has 5 heterocycles. The van der Waals surface area contributed by atoms with E-state index in [-0.39, 0.29) is 0 Å². The maximum atomic E-state index is 12.5. The number of nitrogens with one attached hydrogen (secondary N) is 1. The Kier molecular flexibility index (Phi) is 8.00. The van der Waals surface area contributed by atoms with Crippen LogP contribution in [-0.4, -0.2) is 83.4 Å². The van der Waals surface area contributed by atoms with E-state index < -0.39 is 10.8 Å². The summed E-state index contributed by atoms with van der Waals surface area (Å²) in [6, 6.07) is 6.01. The van der Waals surface area contributed by atoms with Gasteiger partial charge in [0.15, 0.2) is 11.6 Å². The van der Waals surface area contributed by atoms with Crippen LogP contribution in [0.5, 0.6) is 0 Å². The average molecular weight is 568 g/mol. The zero-order valence-electron chi connectivity index (χ0n) is 23.0. The third kappa shape index (κ3) is 5.50. The van der Waals surface area contributed by atoms with Gasteiger partial charge in [-0.3, -0.25) is 9.11 Å². The maximum absolute atomic E-state index is 12.5. The molecule has 1 unspecified atom stereocenters. The minimum atomic E-state index is -1.11. The number of aryl methyl sites for hydroxylation is 1. The molecule has 2 aliphatic heterocycles. The Balaban J connectivity index is 1.40. The molecule has 0 saturated carbocycles. The molecule has 39 heavy (non-hydrogen) atoms. The predicted octanol–water partition coefficient (Wildman–Crippen LogP) is 4.97. The zero-order valence-corrected chi connectivity index (χ0v) is 24.6. The van der Waals surface area contributed by atoms with E-state index in [0.717, 1.165) is 89.1 Å². The predicted molar refractivity (Wildman–Crippen MR) is 159 cm³/mol. The van der Waals surface area contributed by atoms with Crippen molar-refractivity contribution >= 4 is 49.1 Å². The summed E-state index contributed by atoms with van der Waals surface area (Å²) >= 11 is 1.85. The van der Waals surface area contributed by atoms with E-state index in [0.29, 0.717) is 19.0 Å². The van der Waals surface area contributed by atoms with Crippen molar-refractivity contribution in [1.29, 1.82) is 0 Å². The molecule has 0 bridgehead atoms. The summed E-state index contributed by atoms with van der Waals surface area (Å²) in [6.45, 7) is 9.29. The molecule has 6 rings (SSSR count). The van der Waals surface area contributed by atoms with Crippen molar-refractivity contribution in [1.82, 2.24) is 19.9 Å². The van der Waals surface area contributed by atoms with Gasteiger partial charge >= 0.3 is 0 Å². The van der Waals surface area contributed by atoms with Crippen LogP contribution < -0.4 is 4.90 Å². The molecule has 0 radical (unpaired) electrons. The van der Waals surface area contributed by atoms with E-state index in [2.05, 4.69) is 27.8 Å². The number of H-pyrrole nitrogens is 1. The van der Waals surface area contributed by atoms with Gasteiger partial charge in [-0.15, -0.1) is 11.3 Å². The Hall–Kier alpha value is -2.37. The standard InChI is InChI=1S/C29H37N5O3S2/c1-19-25(18-33-9-5-20(6-10-33)7-13-36-2)38-27-26(19)31-28(32-29(27)34-11-14-37-15-12-34)23-16-21(39(3)35)17-24-22(23)4-8-30-24/h4,8,16-17,20,30H,5-7,9-15,18H2,1-3H3. The summed E-state index contributed by atoms with van der Waals surface area (Å²) < 4.78 is 24.6. The average Bonchev–Trinajstić information content (AvgIpc) is 3.56. The number of methoxy groups -OCH3 is 1. The van der Waals surface area contributed by atoms with Gasteiger partial charge in [-0.2, -0.15) is 0 Å². The number of rotatable bonds is 8. The van der Waals surface area contributed by atoms with E-state index in [1.165, 1.54) is 23.3 Å². The summed E-state index contributed by atoms with van der Waals surface area (Å²) in [5, 5.41) is 1.04. The minimum absolute atomic E-state index is 0.687. The Morgan fingerprint density at radius 1 is 1.18 bits per heavy atom. The lowest BCUT2D eigenvalue weighted by Gasteiger charge is -2.31. The molecule has 2 aliphatic rings. The molecule has 1 aromatic carbocycles. The van der Waals surface area contributed by atoms with Gasteiger partial charge < -0.3 is 19.4 Å². The number of likely N-dealkylation sites (tertiary alicyclic amines) is 1. The Morgan fingerprint density at radius 3 is 2.72 bits per heavy atom. The number of fused-ring (bicyclic) bond motifs is 2. The summed E-state index contributed by atoms with van der Waals surface area (Å²) in [5.41, 5.74) is 4.14. The molecule has 0 aliphatic carbocycles. The second-order valence-electron chi connectivity index (χ2n) is 10.7. The molecular weight excluding hydrogens is 530 g/mol. The number of benzene rings is 1. The first kappa shape index (κ1) is 26.8. The molecule has 10 heteroatoms. The molecule has 1 atom stereocenters. The van der Waals surface area contributed by atoms with Crippen molar-refractivity contribution in [2.75, 3.05) is 64.3 Å². The van der Waals surface area contributed by atoms with Crippen LogP contribution in [0.3, 0.4) is 0 Å². The largest absolute Gasteiger partial charge is 0.385 e. The lowest BCUT2D eigenvalue weighted by molar-refractivity contribution is 0.122. The number of hydrogen-bond donors (Lipinski definition) is 1. The lowest BCUT2D eigenvalue weighted by atomic mass is 9.94. The highest BCUT2D eigenvalue weighted by Gasteiger charge is 2.25. The first-order valence-corrected chi connectivity index (χ1v) is 16.2. The molecule has 2 fully saturated rings. The van der Waals surface area contributed by atoms with Gasteiger partial charge in [0.05, 0.1) is 23.4 Å². The fraction of sp³-hybridized carbons (Fsp3) is 0.517. The van der Waals surface area contributed by atoms with Crippen LogP contribution in [0, 0.1) is 12.8 Å². The van der Waals surface area contributed by atoms with Crippen LogP contribution in [0.4, 0.5) is 5.82 Å². The van der Waals surface area contributed by atoms with Gasteiger partial charge in [0.2, 0.25) is 0 Å². The molecule has 2 saturated heterocycles. The first-order chi connectivity index (χ1) is 19.0. The fourth-order valence-corrected chi connectivity index (χ4v) is 7.66. The van der Waals surface area contributed by atoms with Crippen molar-refractivity contribution in [3.05, 3.63) is 34.8 Å². The van der Waals surface area contributed by atoms with E-state index in [1.807, 2.05) is 29.7 Å². The number of aromatic amines is 1. The van der Waals surface area contributed by atoms with Crippen LogP contribution >= 0.6 is 11.3 Å². The first-order valence-electron chi connectivity index (χ1n) is 13.8. The van der Waals surface area contributed by atoms with Crippen molar-refractivity contribution in [3.63, 3.8) is 0 Å². The summed E-state index contributed by atoms with van der Waals surface area (Å²) in [7, 11) is 0.680. The topological polar surface area (TPSA) is 83.6 Å². The van der Waals surface area contributed by atoms with Gasteiger partial charge in [0.25, 0.3) is 0 Å². The number of aromatic nitrogens is 3. The van der Waals surface area contributed by atoms with E-state index in [1.54, 1.807) is 13.4 Å². The Labute approximate surface area is 236 Å². The molecule has 1 N–H and O–H groups in total. The van der Waals surface area contributed by atoms with Crippen molar-refractivity contribution in [3.8, 4) is 11.4 Å². The van der Waals surface area contributed by atoms with E-state index >= 15 is 0 Å². The number of hydrogen-bond acceptors (Lipinski definition) is 8. The number of piperidine rings is 1. The summed E-state index contributed by atoms with van der Waals surface area (Å²) in [6.07, 6.45) is 7.27. The second kappa shape index (κ2) is 11.6. The third-order valence-electron chi connectivity index (χ3n) is 8.18. The fourth-order valence-electron chi connectivity index (χ4n) is 5.79. The van der Waals surface area contributed by atoms with Crippen LogP contribution in [0.25, 0.3) is 32.5 Å². The molecule has 4 aromatic rings. The second-order valence-corrected chi connectivity index (χ2v) is 13.1. The molecular formula is C29H37N5O3S2. The number of thiophene rings is 1. The summed E-state index contributed by atoms with van der Waals surface area (Å²) in [4.78, 5) is 20.7. The zero-order chi connectivity index (χ0) is 26.9. The quantitative estimate of drug-likeness (QED) is 0.322. The molecule has 3 aromatic heterocycles. The van der Waals surface area contributed by atoms with Crippen molar-refractivity contribution in [2.45, 2.75) is 37.6 Å². The van der Waals surface area contributed by atoms with Gasteiger partial charge in [-0.1, -0.05) is 0 Å². The number of morpholine rings is 1. The van der Waals surface area contributed by atoms with Crippen LogP contribution in [0.15, 0.2) is 29.3 Å². The minimum Gasteiger partial charge on any atom is -0.385 e. The highest BCUT2D eigenvalue weighted by Crippen LogP contribution is 2.40. The van der Waals surface area contributed by atoms with Gasteiger partial charge in [-0.25, -0.2) is 9.97 Å². The van der Waals surface area contributed by atoms with Crippen molar-refractivity contribution in [2.24, 2.45) is 5.92 Å². The molecule has 208 valence electrons. The Morgan fingerprint density at radius 2 is 1.97 bits per heavy atom. The normalized spacial score (nSPS) is 18.4. The number of nitrogens with zero attached hydrogens (tertiary/aromatic N) is 4. The third-order valence-corrected chi connectivity index (χ3v) is 10.3. The van der Waals surface area contributed by atoms with Crippen LogP contribution in [-0.2, 0) is 26.8 Å². The van der Waals surface area contributed by atoms with Crippen LogP contribution in [0.2, 0.25) is 0 Å². The number of anilines is 1. The molecule has 0 amide bonds.